The van der Waals surface area contributed by atoms with Gasteiger partial charge in [0.2, 0.25) is 5.91 Å². The first-order valence-corrected chi connectivity index (χ1v) is 10.4. The van der Waals surface area contributed by atoms with Crippen molar-refractivity contribution in [3.8, 4) is 5.75 Å². The SMILES string of the molecule is O=C(CCOc1ccc(F)cc1)Nc1nc2c(s1)CN(Cc1ccccc1)CC2. The van der Waals surface area contributed by atoms with Crippen LogP contribution in [-0.2, 0) is 24.3 Å². The van der Waals surface area contributed by atoms with Crippen LogP contribution < -0.4 is 10.1 Å². The van der Waals surface area contributed by atoms with Crippen LogP contribution >= 0.6 is 11.3 Å². The Morgan fingerprint density at radius 2 is 1.97 bits per heavy atom. The first kappa shape index (κ1) is 19.5. The molecule has 29 heavy (non-hydrogen) atoms. The van der Waals surface area contributed by atoms with Gasteiger partial charge in [0.05, 0.1) is 18.7 Å². The molecule has 1 aliphatic heterocycles. The van der Waals surface area contributed by atoms with Crippen LogP contribution in [-0.4, -0.2) is 28.9 Å². The van der Waals surface area contributed by atoms with Gasteiger partial charge in [0, 0.05) is 30.9 Å². The van der Waals surface area contributed by atoms with Crippen LogP contribution in [0.5, 0.6) is 5.75 Å². The number of carbonyl (C=O) groups excluding carboxylic acids is 1. The summed E-state index contributed by atoms with van der Waals surface area (Å²) in [6.07, 6.45) is 1.10. The van der Waals surface area contributed by atoms with Crippen molar-refractivity contribution in [2.24, 2.45) is 0 Å². The lowest BCUT2D eigenvalue weighted by Gasteiger charge is -2.25. The molecule has 0 aliphatic carbocycles. The van der Waals surface area contributed by atoms with E-state index in [1.165, 1.54) is 22.6 Å². The molecule has 0 bridgehead atoms. The molecule has 5 nitrogen and oxygen atoms in total. The lowest BCUT2D eigenvalue weighted by molar-refractivity contribution is -0.116. The van der Waals surface area contributed by atoms with Crippen molar-refractivity contribution in [2.45, 2.75) is 25.9 Å². The number of thiazole rings is 1. The van der Waals surface area contributed by atoms with Crippen LogP contribution in [0.15, 0.2) is 54.6 Å². The Bertz CT molecular complexity index is 960. The molecule has 0 radical (unpaired) electrons. The van der Waals surface area contributed by atoms with E-state index in [-0.39, 0.29) is 24.8 Å². The topological polar surface area (TPSA) is 54.5 Å². The molecule has 0 atom stereocenters. The first-order chi connectivity index (χ1) is 14.2. The van der Waals surface area contributed by atoms with Gasteiger partial charge in [-0.25, -0.2) is 9.37 Å². The van der Waals surface area contributed by atoms with Gasteiger partial charge in [0.1, 0.15) is 11.6 Å². The molecule has 4 rings (SSSR count). The lowest BCUT2D eigenvalue weighted by Crippen LogP contribution is -2.29. The highest BCUT2D eigenvalue weighted by Crippen LogP contribution is 2.29. The Hall–Kier alpha value is -2.77. The van der Waals surface area contributed by atoms with E-state index in [4.69, 9.17) is 4.74 Å². The summed E-state index contributed by atoms with van der Waals surface area (Å²) in [4.78, 5) is 20.4. The van der Waals surface area contributed by atoms with Gasteiger partial charge in [0.25, 0.3) is 0 Å². The number of fused-ring (bicyclic) bond motifs is 1. The standard InChI is InChI=1S/C22H22FN3O2S/c23-17-6-8-18(9-7-17)28-13-11-21(27)25-22-24-19-10-12-26(15-20(19)29-22)14-16-4-2-1-3-5-16/h1-9H,10-15H2,(H,24,25,27). The van der Waals surface area contributed by atoms with Crippen LogP contribution in [0.2, 0.25) is 0 Å². The summed E-state index contributed by atoms with van der Waals surface area (Å²) < 4.78 is 18.4. The lowest BCUT2D eigenvalue weighted by atomic mass is 10.1. The van der Waals surface area contributed by atoms with Crippen molar-refractivity contribution in [3.05, 3.63) is 76.5 Å². The van der Waals surface area contributed by atoms with Crippen LogP contribution in [0.3, 0.4) is 0 Å². The molecule has 0 unspecified atom stereocenters. The molecule has 0 spiro atoms. The fraction of sp³-hybridized carbons (Fsp3) is 0.273. The number of ether oxygens (including phenoxy) is 1. The molecule has 0 saturated heterocycles. The summed E-state index contributed by atoms with van der Waals surface area (Å²) in [6, 6.07) is 16.2. The third-order valence-electron chi connectivity index (χ3n) is 4.72. The molecular formula is C22H22FN3O2S. The zero-order valence-corrected chi connectivity index (χ0v) is 16.8. The number of nitrogens with one attached hydrogen (secondary N) is 1. The third-order valence-corrected chi connectivity index (χ3v) is 5.71. The van der Waals surface area contributed by atoms with Crippen LogP contribution in [0.4, 0.5) is 9.52 Å². The summed E-state index contributed by atoms with van der Waals surface area (Å²) in [6.45, 7) is 2.96. The number of hydrogen-bond donors (Lipinski definition) is 1. The summed E-state index contributed by atoms with van der Waals surface area (Å²) >= 11 is 1.54. The zero-order chi connectivity index (χ0) is 20.1. The zero-order valence-electron chi connectivity index (χ0n) is 15.9. The van der Waals surface area contributed by atoms with Gasteiger partial charge in [-0.2, -0.15) is 0 Å². The molecule has 0 fully saturated rings. The van der Waals surface area contributed by atoms with E-state index < -0.39 is 0 Å². The second-order valence-corrected chi connectivity index (χ2v) is 8.02. The van der Waals surface area contributed by atoms with Crippen LogP contribution in [0.1, 0.15) is 22.6 Å². The van der Waals surface area contributed by atoms with Crippen molar-refractivity contribution in [2.75, 3.05) is 18.5 Å². The quantitative estimate of drug-likeness (QED) is 0.632. The second-order valence-electron chi connectivity index (χ2n) is 6.94. The minimum absolute atomic E-state index is 0.139. The van der Waals surface area contributed by atoms with Gasteiger partial charge in [-0.1, -0.05) is 30.3 Å². The number of carbonyl (C=O) groups is 1. The third kappa shape index (κ3) is 5.40. The van der Waals surface area contributed by atoms with E-state index in [1.807, 2.05) is 6.07 Å². The smallest absolute Gasteiger partial charge is 0.229 e. The van der Waals surface area contributed by atoms with Gasteiger partial charge >= 0.3 is 0 Å². The summed E-state index contributed by atoms with van der Waals surface area (Å²) in [5.41, 5.74) is 2.38. The van der Waals surface area contributed by atoms with E-state index >= 15 is 0 Å². The number of rotatable bonds is 7. The van der Waals surface area contributed by atoms with E-state index in [1.54, 1.807) is 23.5 Å². The monoisotopic (exact) mass is 411 g/mol. The number of amides is 1. The maximum absolute atomic E-state index is 12.9. The molecule has 1 N–H and O–H groups in total. The fourth-order valence-electron chi connectivity index (χ4n) is 3.25. The minimum atomic E-state index is -0.315. The number of hydrogen-bond acceptors (Lipinski definition) is 5. The molecule has 2 heterocycles. The van der Waals surface area contributed by atoms with Gasteiger partial charge in [-0.3, -0.25) is 9.69 Å². The molecule has 2 aromatic carbocycles. The van der Waals surface area contributed by atoms with Crippen molar-refractivity contribution in [3.63, 3.8) is 0 Å². The van der Waals surface area contributed by atoms with E-state index in [2.05, 4.69) is 39.5 Å². The Balaban J connectivity index is 1.26. The first-order valence-electron chi connectivity index (χ1n) is 9.59. The second kappa shape index (κ2) is 9.15. The molecule has 1 amide bonds. The number of halogens is 1. The van der Waals surface area contributed by atoms with Crippen molar-refractivity contribution >= 4 is 22.4 Å². The van der Waals surface area contributed by atoms with Gasteiger partial charge in [0.15, 0.2) is 5.13 Å². The Kier molecular flexibility index (Phi) is 6.17. The number of benzene rings is 2. The summed E-state index contributed by atoms with van der Waals surface area (Å²) in [5.74, 6) is 0.0898. The highest BCUT2D eigenvalue weighted by Gasteiger charge is 2.21. The molecule has 1 aromatic heterocycles. The van der Waals surface area contributed by atoms with Crippen molar-refractivity contribution in [1.82, 2.24) is 9.88 Å². The molecule has 7 heteroatoms. The summed E-state index contributed by atoms with van der Waals surface area (Å²) in [7, 11) is 0. The largest absolute Gasteiger partial charge is 0.493 e. The van der Waals surface area contributed by atoms with E-state index in [0.717, 1.165) is 31.7 Å². The number of nitrogens with zero attached hydrogens (tertiary/aromatic N) is 2. The number of anilines is 1. The average Bonchev–Trinajstić information content (AvgIpc) is 3.11. The van der Waals surface area contributed by atoms with Gasteiger partial charge < -0.3 is 10.1 Å². The average molecular weight is 412 g/mol. The fourth-order valence-corrected chi connectivity index (χ4v) is 4.32. The van der Waals surface area contributed by atoms with Gasteiger partial charge in [-0.15, -0.1) is 11.3 Å². The Labute approximate surface area is 173 Å². The molecule has 0 saturated carbocycles. The van der Waals surface area contributed by atoms with Gasteiger partial charge in [-0.05, 0) is 29.8 Å². The Morgan fingerprint density at radius 3 is 2.76 bits per heavy atom. The van der Waals surface area contributed by atoms with Crippen LogP contribution in [0.25, 0.3) is 0 Å². The number of aromatic nitrogens is 1. The minimum Gasteiger partial charge on any atom is -0.493 e. The predicted molar refractivity (Wildman–Crippen MR) is 112 cm³/mol. The molecule has 150 valence electrons. The van der Waals surface area contributed by atoms with E-state index in [0.29, 0.717) is 10.9 Å². The molecular weight excluding hydrogens is 389 g/mol. The van der Waals surface area contributed by atoms with Crippen molar-refractivity contribution < 1.29 is 13.9 Å². The normalized spacial score (nSPS) is 13.7. The highest BCUT2D eigenvalue weighted by atomic mass is 32.1. The van der Waals surface area contributed by atoms with Crippen molar-refractivity contribution in [1.29, 1.82) is 0 Å². The summed E-state index contributed by atoms with van der Waals surface area (Å²) in [5, 5.41) is 3.51. The van der Waals surface area contributed by atoms with Crippen LogP contribution in [0, 0.1) is 5.82 Å². The highest BCUT2D eigenvalue weighted by molar-refractivity contribution is 7.15. The maximum Gasteiger partial charge on any atom is 0.229 e. The maximum atomic E-state index is 12.9. The van der Waals surface area contributed by atoms with E-state index in [9.17, 15) is 9.18 Å². The molecule has 3 aromatic rings. The Morgan fingerprint density at radius 1 is 1.17 bits per heavy atom. The predicted octanol–water partition coefficient (Wildman–Crippen LogP) is 4.25. The molecule has 1 aliphatic rings.